The number of nitriles is 1. The van der Waals surface area contributed by atoms with Crippen molar-refractivity contribution in [2.75, 3.05) is 0 Å². The predicted molar refractivity (Wildman–Crippen MR) is 65.6 cm³/mol. The first kappa shape index (κ1) is 15.1. The van der Waals surface area contributed by atoms with Crippen LogP contribution in [0.5, 0.6) is 0 Å². The second-order valence-corrected chi connectivity index (χ2v) is 5.60. The average Bonchev–Trinajstić information content (AvgIpc) is 2.35. The molecule has 1 rings (SSSR count). The Morgan fingerprint density at radius 1 is 1.63 bits per heavy atom. The second-order valence-electron chi connectivity index (χ2n) is 3.92. The normalized spacial score (nSPS) is 12.6. The zero-order valence-corrected chi connectivity index (χ0v) is 11.0. The quantitative estimate of drug-likeness (QED) is 0.783. The summed E-state index contributed by atoms with van der Waals surface area (Å²) in [7, 11) is -3.88. The molecule has 8 heteroatoms. The van der Waals surface area contributed by atoms with Gasteiger partial charge in [0.05, 0.1) is 0 Å². The molecule has 1 aromatic rings. The monoisotopic (exact) mass is 283 g/mol. The van der Waals surface area contributed by atoms with E-state index in [4.69, 9.17) is 10.4 Å². The Kier molecular flexibility index (Phi) is 4.97. The summed E-state index contributed by atoms with van der Waals surface area (Å²) < 4.78 is 26.4. The minimum absolute atomic E-state index is 0.137. The molecule has 0 spiro atoms. The highest BCUT2D eigenvalue weighted by atomic mass is 32.2. The molecule has 1 unspecified atom stereocenters. The van der Waals surface area contributed by atoms with E-state index in [0.29, 0.717) is 0 Å². The number of carboxylic acids is 1. The number of rotatable bonds is 6. The Labute approximate surface area is 110 Å². The Morgan fingerprint density at radius 3 is 2.89 bits per heavy atom. The van der Waals surface area contributed by atoms with Crippen LogP contribution in [0.3, 0.4) is 0 Å². The molecule has 0 aliphatic rings. The van der Waals surface area contributed by atoms with Gasteiger partial charge in [-0.2, -0.15) is 5.26 Å². The number of aliphatic carboxylic acids is 1. The molecule has 19 heavy (non-hydrogen) atoms. The first-order chi connectivity index (χ1) is 8.86. The summed E-state index contributed by atoms with van der Waals surface area (Å²) in [6.45, 7) is 1.56. The van der Waals surface area contributed by atoms with Crippen LogP contribution in [0, 0.1) is 11.3 Å². The van der Waals surface area contributed by atoms with Crippen molar-refractivity contribution < 1.29 is 18.3 Å². The molecule has 0 saturated carbocycles. The van der Waals surface area contributed by atoms with Crippen LogP contribution in [0.2, 0.25) is 0 Å². The smallest absolute Gasteiger partial charge is 0.303 e. The van der Waals surface area contributed by atoms with Crippen LogP contribution in [0.4, 0.5) is 0 Å². The fourth-order valence-electron chi connectivity index (χ4n) is 1.42. The van der Waals surface area contributed by atoms with E-state index in [9.17, 15) is 13.2 Å². The fourth-order valence-corrected chi connectivity index (χ4v) is 2.80. The molecule has 0 amide bonds. The second kappa shape index (κ2) is 6.26. The molecule has 0 aliphatic carbocycles. The lowest BCUT2D eigenvalue weighted by Crippen LogP contribution is -2.33. The molecule has 0 aliphatic heterocycles. The highest BCUT2D eigenvalue weighted by molar-refractivity contribution is 7.89. The maximum atomic E-state index is 12.0. The van der Waals surface area contributed by atoms with E-state index in [0.717, 1.165) is 0 Å². The van der Waals surface area contributed by atoms with Gasteiger partial charge in [0, 0.05) is 18.7 Å². The van der Waals surface area contributed by atoms with E-state index in [1.165, 1.54) is 18.3 Å². The van der Waals surface area contributed by atoms with Crippen molar-refractivity contribution in [2.45, 2.75) is 30.7 Å². The summed E-state index contributed by atoms with van der Waals surface area (Å²) in [6, 6.07) is 3.84. The molecular formula is C11H13N3O4S. The zero-order chi connectivity index (χ0) is 14.5. The van der Waals surface area contributed by atoms with Crippen LogP contribution in [-0.4, -0.2) is 30.5 Å². The van der Waals surface area contributed by atoms with Gasteiger partial charge in [-0.25, -0.2) is 18.1 Å². The average molecular weight is 283 g/mol. The van der Waals surface area contributed by atoms with Gasteiger partial charge in [0.2, 0.25) is 10.0 Å². The van der Waals surface area contributed by atoms with Crippen molar-refractivity contribution in [3.05, 3.63) is 24.0 Å². The van der Waals surface area contributed by atoms with Crippen molar-refractivity contribution in [3.63, 3.8) is 0 Å². The Balaban J connectivity index is 2.87. The number of carboxylic acid groups (broad SMARTS) is 1. The van der Waals surface area contributed by atoms with Crippen LogP contribution in [0.1, 0.15) is 25.5 Å². The molecular weight excluding hydrogens is 270 g/mol. The number of nitrogens with zero attached hydrogens (tertiary/aromatic N) is 2. The summed E-state index contributed by atoms with van der Waals surface area (Å²) in [5.74, 6) is -0.995. The predicted octanol–water partition coefficient (Wildman–Crippen LogP) is 0.485. The minimum atomic E-state index is -3.88. The molecule has 0 fully saturated rings. The standard InChI is InChI=1S/C11H13N3O4S/c1-8(4-5-11(15)16)14-19(17,18)10-3-2-6-13-9(10)7-12/h2-3,6,8,14H,4-5H2,1H3,(H,15,16). The molecule has 1 heterocycles. The Bertz CT molecular complexity index is 607. The third-order valence-corrected chi connectivity index (χ3v) is 3.93. The summed E-state index contributed by atoms with van der Waals surface area (Å²) in [5, 5.41) is 17.3. The topological polar surface area (TPSA) is 120 Å². The molecule has 102 valence electrons. The van der Waals surface area contributed by atoms with Gasteiger partial charge in [-0.05, 0) is 25.5 Å². The summed E-state index contributed by atoms with van der Waals surface area (Å²) in [5.41, 5.74) is -0.194. The number of hydrogen-bond donors (Lipinski definition) is 2. The van der Waals surface area contributed by atoms with E-state index in [2.05, 4.69) is 9.71 Å². The molecule has 0 radical (unpaired) electrons. The number of hydrogen-bond acceptors (Lipinski definition) is 5. The van der Waals surface area contributed by atoms with Crippen molar-refractivity contribution >= 4 is 16.0 Å². The molecule has 0 saturated heterocycles. The zero-order valence-electron chi connectivity index (χ0n) is 10.2. The van der Waals surface area contributed by atoms with Crippen LogP contribution >= 0.6 is 0 Å². The van der Waals surface area contributed by atoms with Gasteiger partial charge in [-0.3, -0.25) is 4.79 Å². The fraction of sp³-hybridized carbons (Fsp3) is 0.364. The van der Waals surface area contributed by atoms with Crippen LogP contribution in [-0.2, 0) is 14.8 Å². The number of nitrogens with one attached hydrogen (secondary N) is 1. The van der Waals surface area contributed by atoms with Crippen LogP contribution in [0.15, 0.2) is 23.2 Å². The van der Waals surface area contributed by atoms with Gasteiger partial charge < -0.3 is 5.11 Å². The molecule has 1 atom stereocenters. The van der Waals surface area contributed by atoms with E-state index < -0.39 is 22.0 Å². The van der Waals surface area contributed by atoms with Crippen molar-refractivity contribution in [2.24, 2.45) is 0 Å². The maximum Gasteiger partial charge on any atom is 0.303 e. The molecule has 7 nitrogen and oxygen atoms in total. The molecule has 0 bridgehead atoms. The first-order valence-electron chi connectivity index (χ1n) is 5.46. The third-order valence-electron chi connectivity index (χ3n) is 2.31. The lowest BCUT2D eigenvalue weighted by molar-refractivity contribution is -0.137. The Morgan fingerprint density at radius 2 is 2.32 bits per heavy atom. The first-order valence-corrected chi connectivity index (χ1v) is 6.94. The van der Waals surface area contributed by atoms with E-state index in [1.807, 2.05) is 0 Å². The van der Waals surface area contributed by atoms with Gasteiger partial charge in [0.15, 0.2) is 5.69 Å². The summed E-state index contributed by atoms with van der Waals surface area (Å²) in [6.07, 6.45) is 1.35. The van der Waals surface area contributed by atoms with E-state index >= 15 is 0 Å². The molecule has 2 N–H and O–H groups in total. The van der Waals surface area contributed by atoms with E-state index in [1.54, 1.807) is 13.0 Å². The maximum absolute atomic E-state index is 12.0. The lowest BCUT2D eigenvalue weighted by atomic mass is 10.2. The van der Waals surface area contributed by atoms with Crippen LogP contribution < -0.4 is 4.72 Å². The summed E-state index contributed by atoms with van der Waals surface area (Å²) in [4.78, 5) is 13.9. The molecule has 0 aromatic carbocycles. The SMILES string of the molecule is CC(CCC(=O)O)NS(=O)(=O)c1cccnc1C#N. The van der Waals surface area contributed by atoms with Crippen molar-refractivity contribution in [1.29, 1.82) is 5.26 Å². The molecule has 1 aromatic heterocycles. The van der Waals surface area contributed by atoms with Crippen molar-refractivity contribution in [1.82, 2.24) is 9.71 Å². The van der Waals surface area contributed by atoms with Gasteiger partial charge in [0.1, 0.15) is 11.0 Å². The van der Waals surface area contributed by atoms with Crippen molar-refractivity contribution in [3.8, 4) is 6.07 Å². The number of aromatic nitrogens is 1. The van der Waals surface area contributed by atoms with Gasteiger partial charge in [-0.15, -0.1) is 0 Å². The van der Waals surface area contributed by atoms with E-state index in [-0.39, 0.29) is 23.4 Å². The number of sulfonamides is 1. The van der Waals surface area contributed by atoms with Gasteiger partial charge in [0.25, 0.3) is 0 Å². The Hall–Kier alpha value is -1.98. The summed E-state index contributed by atoms with van der Waals surface area (Å²) >= 11 is 0. The largest absolute Gasteiger partial charge is 0.481 e. The highest BCUT2D eigenvalue weighted by Gasteiger charge is 2.21. The highest BCUT2D eigenvalue weighted by Crippen LogP contribution is 2.13. The number of pyridine rings is 1. The lowest BCUT2D eigenvalue weighted by Gasteiger charge is -2.13. The minimum Gasteiger partial charge on any atom is -0.481 e. The van der Waals surface area contributed by atoms with Crippen LogP contribution in [0.25, 0.3) is 0 Å². The van der Waals surface area contributed by atoms with Gasteiger partial charge in [-0.1, -0.05) is 0 Å². The number of carbonyl (C=O) groups is 1. The third kappa shape index (κ3) is 4.31. The van der Waals surface area contributed by atoms with Gasteiger partial charge >= 0.3 is 5.97 Å².